The summed E-state index contributed by atoms with van der Waals surface area (Å²) < 4.78 is 7.51. The third kappa shape index (κ3) is 5.04. The number of hydrogen-bond donors (Lipinski definition) is 4. The molecule has 0 radical (unpaired) electrons. The molecule has 8 nitrogen and oxygen atoms in total. The molecule has 4 N–H and O–H groups in total. The van der Waals surface area contributed by atoms with E-state index >= 15 is 0 Å². The van der Waals surface area contributed by atoms with Gasteiger partial charge in [0.05, 0.1) is 26.6 Å². The van der Waals surface area contributed by atoms with E-state index in [9.17, 15) is 19.8 Å². The van der Waals surface area contributed by atoms with E-state index in [1.54, 1.807) is 29.2 Å². The number of aliphatic hydroxyl groups excluding tert-OH is 2. The van der Waals surface area contributed by atoms with Crippen molar-refractivity contribution in [1.82, 2.24) is 15.2 Å². The van der Waals surface area contributed by atoms with E-state index < -0.39 is 24.3 Å². The highest BCUT2D eigenvalue weighted by molar-refractivity contribution is 8.00. The van der Waals surface area contributed by atoms with Crippen LogP contribution >= 0.6 is 23.1 Å². The number of H-pyrrole nitrogens is 1. The molecule has 1 aliphatic rings. The van der Waals surface area contributed by atoms with Crippen LogP contribution < -0.4 is 10.1 Å². The predicted molar refractivity (Wildman–Crippen MR) is 120 cm³/mol. The van der Waals surface area contributed by atoms with Gasteiger partial charge in [-0.15, -0.1) is 23.1 Å². The smallest absolute Gasteiger partial charge is 0.393 e. The van der Waals surface area contributed by atoms with Crippen LogP contribution in [0.15, 0.2) is 46.7 Å². The number of aromatic nitrogens is 1. The van der Waals surface area contributed by atoms with Gasteiger partial charge in [-0.3, -0.25) is 4.79 Å². The van der Waals surface area contributed by atoms with Crippen molar-refractivity contribution in [2.75, 3.05) is 19.3 Å². The number of carbonyl (C=O) groups is 2. The second kappa shape index (κ2) is 9.31. The van der Waals surface area contributed by atoms with Crippen LogP contribution in [0.25, 0.3) is 10.2 Å². The molecule has 3 aromatic rings. The third-order valence-corrected chi connectivity index (χ3v) is 7.25. The number of rotatable bonds is 6. The standard InChI is InChI=1S/C21H23N3O5S2/c1-30-19-8-13-17(31-19)9-18(22-13)29-21(28)23-14(7-12-5-3-2-4-6-12)20(27)24-10-15(25)16(26)11-24/h2-6,8-9,14-16,22,25-26H,7,10-11H2,1H3,(H,23,28)/t14-,15-,16+/m0/s1. The van der Waals surface area contributed by atoms with Crippen molar-refractivity contribution in [1.29, 1.82) is 0 Å². The first-order valence-corrected chi connectivity index (χ1v) is 11.8. The summed E-state index contributed by atoms with van der Waals surface area (Å²) in [5.74, 6) is -0.0854. The molecule has 0 aliphatic carbocycles. The Morgan fingerprint density at radius 1 is 1.26 bits per heavy atom. The van der Waals surface area contributed by atoms with E-state index in [1.807, 2.05) is 42.7 Å². The number of benzene rings is 1. The van der Waals surface area contributed by atoms with Gasteiger partial charge in [-0.25, -0.2) is 4.79 Å². The maximum absolute atomic E-state index is 13.0. The van der Waals surface area contributed by atoms with Crippen molar-refractivity contribution in [3.8, 4) is 5.88 Å². The lowest BCUT2D eigenvalue weighted by atomic mass is 10.1. The van der Waals surface area contributed by atoms with Crippen LogP contribution in [0.5, 0.6) is 5.88 Å². The Kier molecular flexibility index (Phi) is 6.51. The van der Waals surface area contributed by atoms with Crippen LogP contribution in [-0.4, -0.2) is 69.7 Å². The maximum Gasteiger partial charge on any atom is 0.414 e. The molecule has 1 aliphatic heterocycles. The highest BCUT2D eigenvalue weighted by atomic mass is 32.2. The normalized spacial score (nSPS) is 19.5. The fraction of sp³-hybridized carbons (Fsp3) is 0.333. The summed E-state index contributed by atoms with van der Waals surface area (Å²) in [6.45, 7) is 0.0411. The molecule has 0 unspecified atom stereocenters. The monoisotopic (exact) mass is 461 g/mol. The zero-order valence-electron chi connectivity index (χ0n) is 16.8. The van der Waals surface area contributed by atoms with Gasteiger partial charge in [0.15, 0.2) is 0 Å². The zero-order chi connectivity index (χ0) is 22.0. The van der Waals surface area contributed by atoms with E-state index in [4.69, 9.17) is 4.74 Å². The number of β-amino-alcohol motifs (C(OH)–C–C–N with tert-alkyl or cyclic N) is 2. The highest BCUT2D eigenvalue weighted by Crippen LogP contribution is 2.33. The van der Waals surface area contributed by atoms with Gasteiger partial charge in [-0.1, -0.05) is 30.3 Å². The molecule has 0 bridgehead atoms. The van der Waals surface area contributed by atoms with Gasteiger partial charge in [-0.2, -0.15) is 0 Å². The van der Waals surface area contributed by atoms with Gasteiger partial charge in [0.25, 0.3) is 0 Å². The minimum Gasteiger partial charge on any atom is -0.393 e. The Morgan fingerprint density at radius 2 is 1.97 bits per heavy atom. The Hall–Kier alpha value is -2.53. The summed E-state index contributed by atoms with van der Waals surface area (Å²) in [5.41, 5.74) is 1.75. The molecule has 1 fully saturated rings. The summed E-state index contributed by atoms with van der Waals surface area (Å²) in [6, 6.07) is 12.1. The average Bonchev–Trinajstić information content (AvgIpc) is 3.40. The summed E-state index contributed by atoms with van der Waals surface area (Å²) in [7, 11) is 0. The van der Waals surface area contributed by atoms with E-state index in [0.29, 0.717) is 5.88 Å². The average molecular weight is 462 g/mol. The van der Waals surface area contributed by atoms with Gasteiger partial charge >= 0.3 is 6.09 Å². The molecule has 1 saturated heterocycles. The summed E-state index contributed by atoms with van der Waals surface area (Å²) in [6.07, 6.45) is -0.488. The third-order valence-electron chi connectivity index (χ3n) is 5.11. The Morgan fingerprint density at radius 3 is 2.61 bits per heavy atom. The van der Waals surface area contributed by atoms with Gasteiger partial charge in [-0.05, 0) is 17.9 Å². The minimum absolute atomic E-state index is 0.0205. The fourth-order valence-electron chi connectivity index (χ4n) is 3.52. The number of thioether (sulfide) groups is 1. The van der Waals surface area contributed by atoms with Gasteiger partial charge in [0.2, 0.25) is 11.8 Å². The quantitative estimate of drug-likeness (QED) is 0.419. The lowest BCUT2D eigenvalue weighted by Gasteiger charge is -2.24. The molecule has 164 valence electrons. The number of likely N-dealkylation sites (tertiary alicyclic amines) is 1. The van der Waals surface area contributed by atoms with E-state index in [2.05, 4.69) is 10.3 Å². The Balaban J connectivity index is 1.46. The van der Waals surface area contributed by atoms with Crippen molar-refractivity contribution < 1.29 is 24.5 Å². The lowest BCUT2D eigenvalue weighted by Crippen LogP contribution is -2.50. The van der Waals surface area contributed by atoms with Crippen molar-refractivity contribution in [2.45, 2.75) is 28.9 Å². The summed E-state index contributed by atoms with van der Waals surface area (Å²) in [5, 5.41) is 22.2. The maximum atomic E-state index is 13.0. The van der Waals surface area contributed by atoms with Crippen LogP contribution in [0.4, 0.5) is 4.79 Å². The number of nitrogens with zero attached hydrogens (tertiary/aromatic N) is 1. The van der Waals surface area contributed by atoms with Crippen LogP contribution in [-0.2, 0) is 11.2 Å². The number of nitrogens with one attached hydrogen (secondary N) is 2. The molecule has 4 rings (SSSR count). The largest absolute Gasteiger partial charge is 0.414 e. The van der Waals surface area contributed by atoms with Gasteiger partial charge in [0.1, 0.15) is 6.04 Å². The molecule has 31 heavy (non-hydrogen) atoms. The van der Waals surface area contributed by atoms with Gasteiger partial charge < -0.3 is 30.2 Å². The van der Waals surface area contributed by atoms with E-state index in [-0.39, 0.29) is 25.4 Å². The molecule has 3 heterocycles. The number of hydrogen-bond acceptors (Lipinski definition) is 7. The number of fused-ring (bicyclic) bond motifs is 1. The van der Waals surface area contributed by atoms with Crippen molar-refractivity contribution in [2.24, 2.45) is 0 Å². The molecule has 10 heteroatoms. The number of aromatic amines is 1. The zero-order valence-corrected chi connectivity index (χ0v) is 18.4. The topological polar surface area (TPSA) is 115 Å². The number of aliphatic hydroxyl groups is 2. The summed E-state index contributed by atoms with van der Waals surface area (Å²) in [4.78, 5) is 30.0. The lowest BCUT2D eigenvalue weighted by molar-refractivity contribution is -0.132. The SMILES string of the molecule is CSc1cc2[nH]c(OC(=O)N[C@@H](Cc3ccccc3)C(=O)N3C[C@@H](O)[C@@H](O)C3)cc2s1. The second-order valence-corrected chi connectivity index (χ2v) is 9.53. The van der Waals surface area contributed by atoms with Crippen molar-refractivity contribution in [3.05, 3.63) is 48.0 Å². The van der Waals surface area contributed by atoms with E-state index in [0.717, 1.165) is 20.0 Å². The second-order valence-electron chi connectivity index (χ2n) is 7.34. The highest BCUT2D eigenvalue weighted by Gasteiger charge is 2.36. The molecule has 1 aromatic carbocycles. The van der Waals surface area contributed by atoms with Crippen LogP contribution in [0.1, 0.15) is 5.56 Å². The number of carbonyl (C=O) groups excluding carboxylic acids is 2. The van der Waals surface area contributed by atoms with Crippen molar-refractivity contribution >= 4 is 45.3 Å². The molecular weight excluding hydrogens is 438 g/mol. The number of thiophene rings is 1. The van der Waals surface area contributed by atoms with E-state index in [1.165, 1.54) is 4.90 Å². The first kappa shape index (κ1) is 21.7. The first-order chi connectivity index (χ1) is 14.9. The van der Waals surface area contributed by atoms with Gasteiger partial charge in [0, 0.05) is 25.6 Å². The number of amides is 2. The van der Waals surface area contributed by atoms with Crippen LogP contribution in [0.3, 0.4) is 0 Å². The molecule has 0 saturated carbocycles. The minimum atomic E-state index is -0.994. The van der Waals surface area contributed by atoms with Crippen LogP contribution in [0.2, 0.25) is 0 Å². The molecule has 0 spiro atoms. The molecule has 2 aromatic heterocycles. The Bertz CT molecular complexity index is 1030. The molecule has 2 amide bonds. The summed E-state index contributed by atoms with van der Waals surface area (Å²) >= 11 is 3.24. The first-order valence-electron chi connectivity index (χ1n) is 9.76. The predicted octanol–water partition coefficient (Wildman–Crippen LogP) is 2.21. The number of ether oxygens (including phenoxy) is 1. The van der Waals surface area contributed by atoms with Crippen LogP contribution in [0, 0.1) is 0 Å². The molecule has 3 atom stereocenters. The fourth-order valence-corrected chi connectivity index (χ4v) is 5.14. The van der Waals surface area contributed by atoms with Crippen molar-refractivity contribution in [3.63, 3.8) is 0 Å². The molecular formula is C21H23N3O5S2. The Labute approximate surface area is 187 Å².